The van der Waals surface area contributed by atoms with Crippen molar-refractivity contribution < 1.29 is 17.6 Å². The molecule has 1 aliphatic heterocycles. The number of fused-ring (bicyclic) bond motifs is 1. The molecule has 0 spiro atoms. The number of allylic oxidation sites excluding steroid dienone is 4. The van der Waals surface area contributed by atoms with Crippen LogP contribution in [-0.4, -0.2) is 21.5 Å². The van der Waals surface area contributed by atoms with Crippen LogP contribution in [0.3, 0.4) is 0 Å². The fraction of sp³-hybridized carbons (Fsp3) is 0.500. The molecule has 1 fully saturated rings. The average molecular weight is 395 g/mol. The van der Waals surface area contributed by atoms with E-state index in [0.717, 1.165) is 18.9 Å². The summed E-state index contributed by atoms with van der Waals surface area (Å²) in [5.74, 6) is -1.32. The summed E-state index contributed by atoms with van der Waals surface area (Å²) < 4.78 is 57.0. The van der Waals surface area contributed by atoms with E-state index in [-0.39, 0.29) is 35.0 Å². The second-order valence-electron chi connectivity index (χ2n) is 8.11. The van der Waals surface area contributed by atoms with E-state index >= 15 is 4.39 Å². The van der Waals surface area contributed by atoms with Crippen molar-refractivity contribution in [3.05, 3.63) is 44.6 Å². The minimum absolute atomic E-state index is 0.0764. The highest BCUT2D eigenvalue weighted by atomic mass is 19.4. The number of imidazole rings is 1. The molecule has 0 radical (unpaired) electrons. The van der Waals surface area contributed by atoms with Crippen molar-refractivity contribution in [2.24, 2.45) is 23.4 Å². The fourth-order valence-corrected chi connectivity index (χ4v) is 3.79. The Morgan fingerprint density at radius 2 is 2.00 bits per heavy atom. The SMILES string of the molecule is Cn1c2c(n(CC3(C)CC3)c1=O)=CCC(C1=CC=C(C(F)(F)F)CC=N1)C=2F. The standard InChI is InChI=1S/C20H21F4N3O/c1-19(8-9-19)11-27-15-6-4-13(16(21)17(15)26(2)18(27)28)14-5-3-12(7-10-25-14)20(22,23)24/h3,5-6,10,13H,4,7-9,11H2,1-2H3. The minimum Gasteiger partial charge on any atom is -0.293 e. The van der Waals surface area contributed by atoms with E-state index < -0.39 is 23.5 Å². The predicted molar refractivity (Wildman–Crippen MR) is 98.7 cm³/mol. The number of hydrogen-bond acceptors (Lipinski definition) is 2. The van der Waals surface area contributed by atoms with Gasteiger partial charge in [-0.05, 0) is 30.8 Å². The molecule has 4 rings (SSSR count). The summed E-state index contributed by atoms with van der Waals surface area (Å²) in [4.78, 5) is 16.7. The summed E-state index contributed by atoms with van der Waals surface area (Å²) in [5, 5.41) is 0.755. The Morgan fingerprint density at radius 3 is 2.64 bits per heavy atom. The van der Waals surface area contributed by atoms with Crippen LogP contribution in [0.25, 0.3) is 11.9 Å². The zero-order valence-electron chi connectivity index (χ0n) is 15.7. The van der Waals surface area contributed by atoms with Crippen molar-refractivity contribution in [2.75, 3.05) is 0 Å². The monoisotopic (exact) mass is 395 g/mol. The first kappa shape index (κ1) is 19.0. The number of aromatic nitrogens is 2. The van der Waals surface area contributed by atoms with Gasteiger partial charge < -0.3 is 0 Å². The number of nitrogens with zero attached hydrogens (tertiary/aromatic N) is 3. The summed E-state index contributed by atoms with van der Waals surface area (Å²) >= 11 is 0. The lowest BCUT2D eigenvalue weighted by Gasteiger charge is -2.17. The van der Waals surface area contributed by atoms with E-state index in [2.05, 4.69) is 11.9 Å². The molecule has 2 aliphatic carbocycles. The van der Waals surface area contributed by atoms with Crippen molar-refractivity contribution in [3.63, 3.8) is 0 Å². The van der Waals surface area contributed by atoms with E-state index in [1.165, 1.54) is 23.9 Å². The van der Waals surface area contributed by atoms with Crippen LogP contribution in [0.15, 0.2) is 33.2 Å². The van der Waals surface area contributed by atoms with Gasteiger partial charge in [-0.2, -0.15) is 13.2 Å². The minimum atomic E-state index is -4.44. The average Bonchev–Trinajstić information content (AvgIpc) is 3.35. The van der Waals surface area contributed by atoms with Gasteiger partial charge in [-0.3, -0.25) is 14.1 Å². The van der Waals surface area contributed by atoms with Gasteiger partial charge >= 0.3 is 11.9 Å². The van der Waals surface area contributed by atoms with Crippen LogP contribution in [0, 0.1) is 11.3 Å². The van der Waals surface area contributed by atoms with E-state index in [1.807, 2.05) is 0 Å². The largest absolute Gasteiger partial charge is 0.413 e. The maximum absolute atomic E-state index is 15.4. The third-order valence-corrected chi connectivity index (χ3v) is 5.84. The Balaban J connectivity index is 1.78. The van der Waals surface area contributed by atoms with Gasteiger partial charge in [0, 0.05) is 31.8 Å². The number of alkyl halides is 3. The molecule has 0 saturated heterocycles. The zero-order chi connectivity index (χ0) is 20.3. The third kappa shape index (κ3) is 3.18. The molecule has 0 aromatic carbocycles. The molecule has 4 nitrogen and oxygen atoms in total. The lowest BCUT2D eigenvalue weighted by Crippen LogP contribution is -2.39. The highest BCUT2D eigenvalue weighted by Crippen LogP contribution is 2.45. The second kappa shape index (κ2) is 6.32. The molecule has 1 unspecified atom stereocenters. The highest BCUT2D eigenvalue weighted by molar-refractivity contribution is 5.66. The Labute approximate surface area is 158 Å². The molecule has 8 heteroatoms. The van der Waals surface area contributed by atoms with Gasteiger partial charge in [-0.1, -0.05) is 19.1 Å². The second-order valence-corrected chi connectivity index (χ2v) is 8.11. The number of rotatable bonds is 3. The van der Waals surface area contributed by atoms with Crippen molar-refractivity contribution >= 4 is 18.1 Å². The number of aliphatic imine (C=N–C) groups is 1. The molecule has 0 bridgehead atoms. The Hall–Kier alpha value is -2.38. The van der Waals surface area contributed by atoms with Crippen molar-refractivity contribution in [3.8, 4) is 0 Å². The summed E-state index contributed by atoms with van der Waals surface area (Å²) in [6, 6.07) is 0. The number of halogens is 4. The van der Waals surface area contributed by atoms with Gasteiger partial charge in [0.25, 0.3) is 0 Å². The smallest absolute Gasteiger partial charge is 0.293 e. The van der Waals surface area contributed by atoms with E-state index in [1.54, 1.807) is 10.6 Å². The van der Waals surface area contributed by atoms with Crippen LogP contribution in [0.2, 0.25) is 0 Å². The summed E-state index contributed by atoms with van der Waals surface area (Å²) in [5.41, 5.74) is -0.688. The molecule has 0 amide bonds. The molecule has 28 heavy (non-hydrogen) atoms. The Bertz CT molecular complexity index is 1090. The van der Waals surface area contributed by atoms with Crippen LogP contribution in [0.5, 0.6) is 0 Å². The molecular formula is C20H21F4N3O. The van der Waals surface area contributed by atoms with Crippen LogP contribution in [0.4, 0.5) is 17.6 Å². The van der Waals surface area contributed by atoms with Crippen LogP contribution < -0.4 is 16.4 Å². The van der Waals surface area contributed by atoms with E-state index in [4.69, 9.17) is 0 Å². The van der Waals surface area contributed by atoms with Crippen molar-refractivity contribution in [1.82, 2.24) is 9.13 Å². The number of hydrogen-bond donors (Lipinski definition) is 0. The molecule has 1 aromatic heterocycles. The first-order valence-corrected chi connectivity index (χ1v) is 9.27. The van der Waals surface area contributed by atoms with Crippen LogP contribution in [-0.2, 0) is 13.6 Å². The maximum atomic E-state index is 15.4. The lowest BCUT2D eigenvalue weighted by atomic mass is 9.95. The first-order valence-electron chi connectivity index (χ1n) is 9.27. The molecule has 1 aromatic rings. The predicted octanol–water partition coefficient (Wildman–Crippen LogP) is 2.71. The quantitative estimate of drug-likeness (QED) is 0.726. The highest BCUT2D eigenvalue weighted by Gasteiger charge is 2.39. The summed E-state index contributed by atoms with van der Waals surface area (Å²) in [6.45, 7) is 2.64. The summed E-state index contributed by atoms with van der Waals surface area (Å²) in [6.07, 6.45) is 2.69. The maximum Gasteiger partial charge on any atom is 0.413 e. The van der Waals surface area contributed by atoms with Crippen LogP contribution in [0.1, 0.15) is 32.6 Å². The van der Waals surface area contributed by atoms with Gasteiger partial charge in [-0.15, -0.1) is 0 Å². The van der Waals surface area contributed by atoms with E-state index in [0.29, 0.717) is 11.9 Å². The van der Waals surface area contributed by atoms with E-state index in [9.17, 15) is 18.0 Å². The van der Waals surface area contributed by atoms with Crippen molar-refractivity contribution in [1.29, 1.82) is 0 Å². The Morgan fingerprint density at radius 1 is 1.29 bits per heavy atom. The van der Waals surface area contributed by atoms with Gasteiger partial charge in [0.05, 0.1) is 17.0 Å². The topological polar surface area (TPSA) is 39.3 Å². The van der Waals surface area contributed by atoms with Crippen LogP contribution >= 0.6 is 0 Å². The fourth-order valence-electron chi connectivity index (χ4n) is 3.79. The molecule has 1 atom stereocenters. The Kier molecular flexibility index (Phi) is 4.28. The normalized spacial score (nSPS) is 23.5. The molecule has 2 heterocycles. The molecule has 1 saturated carbocycles. The lowest BCUT2D eigenvalue weighted by molar-refractivity contribution is -0.0923. The third-order valence-electron chi connectivity index (χ3n) is 5.84. The van der Waals surface area contributed by atoms with Gasteiger partial charge in [0.2, 0.25) is 0 Å². The molecule has 0 N–H and O–H groups in total. The first-order chi connectivity index (χ1) is 13.1. The zero-order valence-corrected chi connectivity index (χ0v) is 15.7. The molecule has 3 aliphatic rings. The van der Waals surface area contributed by atoms with Gasteiger partial charge in [0.15, 0.2) is 0 Å². The summed E-state index contributed by atoms with van der Waals surface area (Å²) in [7, 11) is 1.52. The molecular weight excluding hydrogens is 374 g/mol. The molecule has 150 valence electrons. The van der Waals surface area contributed by atoms with Gasteiger partial charge in [0.1, 0.15) is 11.2 Å². The van der Waals surface area contributed by atoms with Gasteiger partial charge in [-0.25, -0.2) is 9.18 Å². The van der Waals surface area contributed by atoms with Crippen molar-refractivity contribution in [2.45, 2.75) is 45.3 Å².